The number of aromatic amines is 1. The summed E-state index contributed by atoms with van der Waals surface area (Å²) in [5, 5.41) is 4.47. The summed E-state index contributed by atoms with van der Waals surface area (Å²) in [5.41, 5.74) is -0.303. The molecule has 3 N–H and O–H groups in total. The van der Waals surface area contributed by atoms with Crippen molar-refractivity contribution >= 4 is 10.0 Å². The van der Waals surface area contributed by atoms with Crippen LogP contribution >= 0.6 is 0 Å². The van der Waals surface area contributed by atoms with Gasteiger partial charge in [0.25, 0.3) is 10.0 Å². The number of rotatable bonds is 1. The lowest BCUT2D eigenvalue weighted by molar-refractivity contribution is 0.510. The summed E-state index contributed by atoms with van der Waals surface area (Å²) >= 11 is 0. The van der Waals surface area contributed by atoms with E-state index in [2.05, 4.69) is 19.5 Å². The largest absolute Gasteiger partial charge is 0.431 e. The molecule has 8 heteroatoms. The number of hydrogen-bond acceptors (Lipinski definition) is 5. The first-order chi connectivity index (χ1) is 7.50. The second-order valence-corrected chi connectivity index (χ2v) is 4.04. The van der Waals surface area contributed by atoms with E-state index >= 15 is 0 Å². The molecule has 2 rings (SSSR count). The Balaban J connectivity index is 0.000000165. The predicted octanol–water partition coefficient (Wildman–Crippen LogP) is -0.303. The number of nitrogens with zero attached hydrogens (tertiary/aromatic N) is 1. The molecule has 0 aliphatic heterocycles. The topological polar surface area (TPSA) is 119 Å². The fourth-order valence-electron chi connectivity index (χ4n) is 0.731. The average molecular weight is 243 g/mol. The molecule has 2 heterocycles. The molecule has 0 radical (unpaired) electrons. The van der Waals surface area contributed by atoms with Crippen molar-refractivity contribution < 1.29 is 12.8 Å². The van der Waals surface area contributed by atoms with Crippen molar-refractivity contribution in [3.05, 3.63) is 47.3 Å². The summed E-state index contributed by atoms with van der Waals surface area (Å²) in [4.78, 5) is 15.9. The predicted molar refractivity (Wildman–Crippen MR) is 54.9 cm³/mol. The third kappa shape index (κ3) is 4.07. The molecule has 0 aliphatic rings. The minimum absolute atomic E-state index is 0.206. The van der Waals surface area contributed by atoms with E-state index < -0.39 is 10.0 Å². The Morgan fingerprint density at radius 1 is 1.38 bits per heavy atom. The molecular formula is C8H9N3O4S. The van der Waals surface area contributed by atoms with Crippen LogP contribution in [-0.4, -0.2) is 18.4 Å². The highest BCUT2D eigenvalue weighted by Gasteiger charge is 2.07. The van der Waals surface area contributed by atoms with E-state index in [1.54, 1.807) is 12.1 Å². The molecule has 86 valence electrons. The van der Waals surface area contributed by atoms with Crippen molar-refractivity contribution in [3.8, 4) is 0 Å². The minimum Gasteiger partial charge on any atom is -0.431 e. The van der Waals surface area contributed by atoms with E-state index in [1.165, 1.54) is 24.7 Å². The summed E-state index contributed by atoms with van der Waals surface area (Å²) in [7, 11) is -3.63. The molecular weight excluding hydrogens is 234 g/mol. The molecule has 2 aromatic heterocycles. The van der Waals surface area contributed by atoms with Gasteiger partial charge in [-0.3, -0.25) is 0 Å². The van der Waals surface area contributed by atoms with Crippen LogP contribution in [-0.2, 0) is 10.0 Å². The summed E-state index contributed by atoms with van der Waals surface area (Å²) in [6, 6.07) is 4.65. The maximum absolute atomic E-state index is 10.4. The van der Waals surface area contributed by atoms with Crippen LogP contribution in [0.4, 0.5) is 0 Å². The number of nitrogens with two attached hydrogens (primary N) is 1. The van der Waals surface area contributed by atoms with Crippen LogP contribution in [0, 0.1) is 0 Å². The molecule has 0 aromatic carbocycles. The molecule has 0 amide bonds. The Kier molecular flexibility index (Phi) is 3.97. The van der Waals surface area contributed by atoms with E-state index in [-0.39, 0.29) is 10.8 Å². The van der Waals surface area contributed by atoms with Crippen molar-refractivity contribution in [1.29, 1.82) is 0 Å². The van der Waals surface area contributed by atoms with Gasteiger partial charge in [0.15, 0.2) is 0 Å². The number of aromatic nitrogens is 2. The van der Waals surface area contributed by atoms with Crippen LogP contribution in [0.2, 0.25) is 0 Å². The third-order valence-corrected chi connectivity index (χ3v) is 2.11. The molecule has 7 nitrogen and oxygen atoms in total. The maximum atomic E-state index is 10.4. The first kappa shape index (κ1) is 12.1. The fourth-order valence-corrected chi connectivity index (χ4v) is 1.17. The molecule has 16 heavy (non-hydrogen) atoms. The second-order valence-electron chi connectivity index (χ2n) is 2.56. The van der Waals surface area contributed by atoms with E-state index in [9.17, 15) is 13.2 Å². The van der Waals surface area contributed by atoms with Crippen molar-refractivity contribution in [2.24, 2.45) is 5.14 Å². The summed E-state index contributed by atoms with van der Waals surface area (Å²) < 4.78 is 25.1. The monoisotopic (exact) mass is 243 g/mol. The van der Waals surface area contributed by atoms with Gasteiger partial charge in [0.2, 0.25) is 5.16 Å². The van der Waals surface area contributed by atoms with Gasteiger partial charge in [0, 0.05) is 18.5 Å². The Labute approximate surface area is 91.0 Å². The molecule has 0 atom stereocenters. The van der Waals surface area contributed by atoms with E-state index in [1.807, 2.05) is 0 Å². The van der Waals surface area contributed by atoms with E-state index in [4.69, 9.17) is 0 Å². The number of H-pyrrole nitrogens is 1. The lowest BCUT2D eigenvalue weighted by Gasteiger charge is -1.86. The van der Waals surface area contributed by atoms with Gasteiger partial charge in [0.05, 0.1) is 6.26 Å². The zero-order chi connectivity index (χ0) is 12.0. The molecule has 0 saturated carbocycles. The number of nitrogens with one attached hydrogen (secondary N) is 1. The van der Waals surface area contributed by atoms with Crippen LogP contribution in [0.5, 0.6) is 0 Å². The summed E-state index contributed by atoms with van der Waals surface area (Å²) in [6.07, 6.45) is 4.06. The molecule has 0 aliphatic carbocycles. The second kappa shape index (κ2) is 5.24. The maximum Gasteiger partial charge on any atom is 0.335 e. The Hall–Kier alpha value is -1.93. The summed E-state index contributed by atoms with van der Waals surface area (Å²) in [6.45, 7) is 0. The van der Waals surface area contributed by atoms with Crippen LogP contribution in [0.3, 0.4) is 0 Å². The number of primary sulfonamides is 1. The first-order valence-electron chi connectivity index (χ1n) is 4.06. The molecule has 2 aromatic rings. The molecule has 0 bridgehead atoms. The van der Waals surface area contributed by atoms with Gasteiger partial charge in [-0.1, -0.05) is 6.07 Å². The smallest absolute Gasteiger partial charge is 0.335 e. The van der Waals surface area contributed by atoms with Crippen molar-refractivity contribution in [1.82, 2.24) is 9.97 Å². The molecule has 0 unspecified atom stereocenters. The van der Waals surface area contributed by atoms with Gasteiger partial charge in [0.1, 0.15) is 0 Å². The first-order valence-corrected chi connectivity index (χ1v) is 5.61. The lowest BCUT2D eigenvalue weighted by atomic mass is 10.5. The highest BCUT2D eigenvalue weighted by molar-refractivity contribution is 7.89. The van der Waals surface area contributed by atoms with E-state index in [0.717, 1.165) is 0 Å². The van der Waals surface area contributed by atoms with Crippen LogP contribution in [0.25, 0.3) is 0 Å². The quantitative estimate of drug-likeness (QED) is 0.712. The van der Waals surface area contributed by atoms with Gasteiger partial charge in [-0.2, -0.15) is 0 Å². The van der Waals surface area contributed by atoms with E-state index in [0.29, 0.717) is 0 Å². The summed E-state index contributed by atoms with van der Waals surface area (Å²) in [5.74, 6) is 0. The van der Waals surface area contributed by atoms with Crippen LogP contribution < -0.4 is 10.8 Å². The highest BCUT2D eigenvalue weighted by atomic mass is 32.2. The van der Waals surface area contributed by atoms with Gasteiger partial charge in [-0.05, 0) is 6.07 Å². The number of imidazole rings is 1. The average Bonchev–Trinajstić information content (AvgIpc) is 2.71. The Bertz CT molecular complexity index is 556. The number of sulfonamides is 1. The lowest BCUT2D eigenvalue weighted by Crippen LogP contribution is -2.13. The fraction of sp³-hybridized carbons (Fsp3) is 0. The standard InChI is InChI=1S/C5H4O2.C3H5N3O2S/c6-5-3-1-2-4-7-5;4-9(7,8)3-5-1-2-6-3/h1-4H;1-2H,(H,5,6)(H2,4,7,8). The van der Waals surface area contributed by atoms with Crippen molar-refractivity contribution in [2.75, 3.05) is 0 Å². The normalized spacial score (nSPS) is 10.3. The Morgan fingerprint density at radius 2 is 2.12 bits per heavy atom. The number of hydrogen-bond donors (Lipinski definition) is 2. The van der Waals surface area contributed by atoms with Gasteiger partial charge in [-0.25, -0.2) is 23.3 Å². The zero-order valence-corrected chi connectivity index (χ0v) is 8.85. The minimum atomic E-state index is -3.63. The van der Waals surface area contributed by atoms with Crippen molar-refractivity contribution in [2.45, 2.75) is 5.16 Å². The van der Waals surface area contributed by atoms with Crippen LogP contribution in [0.15, 0.2) is 51.2 Å². The van der Waals surface area contributed by atoms with Gasteiger partial charge in [-0.15, -0.1) is 0 Å². The molecule has 0 spiro atoms. The SMILES string of the molecule is NS(=O)(=O)c1ncc[nH]1.O=c1cccco1. The van der Waals surface area contributed by atoms with Crippen molar-refractivity contribution in [3.63, 3.8) is 0 Å². The Morgan fingerprint density at radius 3 is 2.38 bits per heavy atom. The van der Waals surface area contributed by atoms with Gasteiger partial charge < -0.3 is 9.40 Å². The third-order valence-electron chi connectivity index (χ3n) is 1.35. The molecule has 0 fully saturated rings. The van der Waals surface area contributed by atoms with Gasteiger partial charge >= 0.3 is 5.63 Å². The van der Waals surface area contributed by atoms with Crippen LogP contribution in [0.1, 0.15) is 0 Å². The molecule has 0 saturated heterocycles. The zero-order valence-electron chi connectivity index (χ0n) is 8.03. The highest BCUT2D eigenvalue weighted by Crippen LogP contribution is 1.93.